The summed E-state index contributed by atoms with van der Waals surface area (Å²) in [6.07, 6.45) is 1.24. The Morgan fingerprint density at radius 1 is 0.795 bits per heavy atom. The summed E-state index contributed by atoms with van der Waals surface area (Å²) in [7, 11) is 0. The van der Waals surface area contributed by atoms with Crippen LogP contribution in [0.15, 0.2) is 78.9 Å². The van der Waals surface area contributed by atoms with E-state index in [1.54, 1.807) is 0 Å². The van der Waals surface area contributed by atoms with Gasteiger partial charge in [0.1, 0.15) is 26.5 Å². The molecule has 2 aliphatic carbocycles. The number of alkyl carbamates (subject to hydrolysis) is 1. The molecular formula is C31H32N2O6. The molecular weight excluding hydrogens is 496 g/mol. The summed E-state index contributed by atoms with van der Waals surface area (Å²) >= 11 is 0. The number of carbonyl (C=O) groups is 3. The number of esters is 1. The minimum Gasteiger partial charge on any atom is -0.459 e. The summed E-state index contributed by atoms with van der Waals surface area (Å²) in [5, 5.41) is 5.05. The number of hydrogen-bond acceptors (Lipinski definition) is 6. The molecule has 1 saturated carbocycles. The Hall–Kier alpha value is -4.17. The van der Waals surface area contributed by atoms with Gasteiger partial charge in [0, 0.05) is 5.92 Å². The van der Waals surface area contributed by atoms with E-state index < -0.39 is 24.1 Å². The molecule has 202 valence electrons. The molecule has 0 aliphatic heterocycles. The lowest BCUT2D eigenvalue weighted by molar-refractivity contribution is -0.160. The maximum Gasteiger partial charge on any atom is 0.407 e. The van der Waals surface area contributed by atoms with E-state index in [0.29, 0.717) is 12.3 Å². The normalized spacial score (nSPS) is 14.6. The van der Waals surface area contributed by atoms with Crippen LogP contribution in [0.5, 0.6) is 0 Å². The van der Waals surface area contributed by atoms with E-state index in [1.807, 2.05) is 66.7 Å². The highest BCUT2D eigenvalue weighted by Gasteiger charge is 2.31. The van der Waals surface area contributed by atoms with E-state index in [1.165, 1.54) is 0 Å². The molecule has 1 unspecified atom stereocenters. The molecule has 0 aromatic heterocycles. The summed E-state index contributed by atoms with van der Waals surface area (Å²) in [4.78, 5) is 37.1. The van der Waals surface area contributed by atoms with Gasteiger partial charge in [0.2, 0.25) is 5.91 Å². The minimum absolute atomic E-state index is 0.0598. The van der Waals surface area contributed by atoms with Crippen LogP contribution in [0.4, 0.5) is 4.79 Å². The molecule has 0 bridgehead atoms. The van der Waals surface area contributed by atoms with E-state index in [2.05, 4.69) is 22.8 Å². The largest absolute Gasteiger partial charge is 0.459 e. The van der Waals surface area contributed by atoms with Crippen molar-refractivity contribution in [1.82, 2.24) is 10.6 Å². The van der Waals surface area contributed by atoms with Gasteiger partial charge in [0.15, 0.2) is 6.10 Å². The quantitative estimate of drug-likeness (QED) is 0.265. The van der Waals surface area contributed by atoms with Crippen LogP contribution in [-0.4, -0.2) is 44.0 Å². The second kappa shape index (κ2) is 12.6. The Morgan fingerprint density at radius 2 is 1.44 bits per heavy atom. The van der Waals surface area contributed by atoms with E-state index in [0.717, 1.165) is 40.7 Å². The average Bonchev–Trinajstić information content (AvgIpc) is 3.74. The second-order valence-corrected chi connectivity index (χ2v) is 9.85. The highest BCUT2D eigenvalue weighted by molar-refractivity contribution is 5.82. The van der Waals surface area contributed by atoms with Crippen LogP contribution >= 0.6 is 0 Å². The predicted octanol–water partition coefficient (Wildman–Crippen LogP) is 4.53. The third kappa shape index (κ3) is 7.03. The van der Waals surface area contributed by atoms with Crippen LogP contribution in [-0.2, 0) is 30.4 Å². The van der Waals surface area contributed by atoms with Crippen molar-refractivity contribution in [1.29, 1.82) is 0 Å². The van der Waals surface area contributed by atoms with E-state index in [9.17, 15) is 14.4 Å². The van der Waals surface area contributed by atoms with E-state index in [4.69, 9.17) is 14.2 Å². The topological polar surface area (TPSA) is 103 Å². The third-order valence-corrected chi connectivity index (χ3v) is 7.02. The van der Waals surface area contributed by atoms with Crippen LogP contribution < -0.4 is 10.6 Å². The van der Waals surface area contributed by atoms with Gasteiger partial charge in [0.05, 0.1) is 0 Å². The Balaban J connectivity index is 1.03. The molecule has 39 heavy (non-hydrogen) atoms. The maximum absolute atomic E-state index is 12.6. The van der Waals surface area contributed by atoms with Crippen LogP contribution in [0.3, 0.4) is 0 Å². The van der Waals surface area contributed by atoms with Crippen molar-refractivity contribution in [2.45, 2.75) is 37.9 Å². The molecule has 0 heterocycles. The van der Waals surface area contributed by atoms with Crippen LogP contribution in [0.2, 0.25) is 0 Å². The minimum atomic E-state index is -0.753. The zero-order valence-corrected chi connectivity index (χ0v) is 21.6. The summed E-state index contributed by atoms with van der Waals surface area (Å²) in [5.74, 6) is -0.524. The standard InChI is InChI=1S/C31H32N2O6/c34-29(33-20-39-28(16-21-14-15-21)30(35)37-18-22-8-2-1-3-9-22)17-32-31(36)38-19-27-25-12-6-4-10-23(25)24-11-5-7-13-26(24)27/h1-13,21,27-28H,14-20H2,(H,32,36)(H,33,34). The molecule has 3 aromatic carbocycles. The monoisotopic (exact) mass is 528 g/mol. The lowest BCUT2D eigenvalue weighted by atomic mass is 9.98. The average molecular weight is 529 g/mol. The molecule has 3 aromatic rings. The van der Waals surface area contributed by atoms with E-state index in [-0.39, 0.29) is 32.4 Å². The first-order valence-corrected chi connectivity index (χ1v) is 13.3. The summed E-state index contributed by atoms with van der Waals surface area (Å²) in [6.45, 7) is -0.103. The molecule has 8 nitrogen and oxygen atoms in total. The fourth-order valence-corrected chi connectivity index (χ4v) is 4.80. The number of nitrogens with one attached hydrogen (secondary N) is 2. The molecule has 0 spiro atoms. The molecule has 8 heteroatoms. The van der Waals surface area contributed by atoms with E-state index >= 15 is 0 Å². The first-order chi connectivity index (χ1) is 19.1. The third-order valence-electron chi connectivity index (χ3n) is 7.02. The van der Waals surface area contributed by atoms with Crippen LogP contribution in [0, 0.1) is 5.92 Å². The SMILES string of the molecule is O=C(CNC(=O)OCC1c2ccccc2-c2ccccc21)NCOC(CC1CC1)C(=O)OCc1ccccc1. The van der Waals surface area contributed by atoms with Crippen molar-refractivity contribution < 1.29 is 28.6 Å². The number of hydrogen-bond donors (Lipinski definition) is 2. The van der Waals surface area contributed by atoms with Crippen molar-refractivity contribution in [3.63, 3.8) is 0 Å². The van der Waals surface area contributed by atoms with Gasteiger partial charge in [-0.2, -0.15) is 0 Å². The molecule has 5 rings (SSSR count). The maximum atomic E-state index is 12.6. The number of benzene rings is 3. The van der Waals surface area contributed by atoms with Gasteiger partial charge < -0.3 is 24.8 Å². The number of fused-ring (bicyclic) bond motifs is 3. The van der Waals surface area contributed by atoms with Gasteiger partial charge >= 0.3 is 12.1 Å². The summed E-state index contributed by atoms with van der Waals surface area (Å²) in [5.41, 5.74) is 5.41. The fraction of sp³-hybridized carbons (Fsp3) is 0.323. The number of rotatable bonds is 12. The zero-order valence-electron chi connectivity index (χ0n) is 21.6. The van der Waals surface area contributed by atoms with Crippen molar-refractivity contribution in [2.75, 3.05) is 19.9 Å². The van der Waals surface area contributed by atoms with Crippen LogP contribution in [0.1, 0.15) is 41.9 Å². The lowest BCUT2D eigenvalue weighted by Crippen LogP contribution is -2.40. The van der Waals surface area contributed by atoms with Gasteiger partial charge in [0.25, 0.3) is 0 Å². The van der Waals surface area contributed by atoms with Crippen molar-refractivity contribution >= 4 is 18.0 Å². The Labute approximate surface area is 227 Å². The molecule has 0 radical (unpaired) electrons. The van der Waals surface area contributed by atoms with Gasteiger partial charge in [-0.15, -0.1) is 0 Å². The molecule has 2 N–H and O–H groups in total. The predicted molar refractivity (Wildman–Crippen MR) is 145 cm³/mol. The van der Waals surface area contributed by atoms with Gasteiger partial charge in [-0.05, 0) is 40.2 Å². The molecule has 2 aliphatic rings. The zero-order chi connectivity index (χ0) is 27.0. The van der Waals surface area contributed by atoms with Crippen molar-refractivity contribution in [3.8, 4) is 11.1 Å². The number of carbonyl (C=O) groups excluding carboxylic acids is 3. The van der Waals surface area contributed by atoms with Crippen molar-refractivity contribution in [3.05, 3.63) is 95.6 Å². The Morgan fingerprint density at radius 3 is 2.10 bits per heavy atom. The van der Waals surface area contributed by atoms with Gasteiger partial charge in [-0.25, -0.2) is 9.59 Å². The lowest BCUT2D eigenvalue weighted by Gasteiger charge is -2.17. The molecule has 1 fully saturated rings. The van der Waals surface area contributed by atoms with Crippen LogP contribution in [0.25, 0.3) is 11.1 Å². The first kappa shape index (κ1) is 26.4. The summed E-state index contributed by atoms with van der Waals surface area (Å²) < 4.78 is 16.5. The molecule has 2 amide bonds. The number of ether oxygens (including phenoxy) is 3. The number of amides is 2. The van der Waals surface area contributed by atoms with Gasteiger partial charge in [-0.3, -0.25) is 4.79 Å². The fourth-order valence-electron chi connectivity index (χ4n) is 4.80. The smallest absolute Gasteiger partial charge is 0.407 e. The Bertz CT molecular complexity index is 1260. The highest BCUT2D eigenvalue weighted by atomic mass is 16.6. The van der Waals surface area contributed by atoms with Gasteiger partial charge in [-0.1, -0.05) is 91.7 Å². The second-order valence-electron chi connectivity index (χ2n) is 9.85. The summed E-state index contributed by atoms with van der Waals surface area (Å²) in [6, 6.07) is 25.6. The molecule has 1 atom stereocenters. The Kier molecular flexibility index (Phi) is 8.53. The van der Waals surface area contributed by atoms with Crippen molar-refractivity contribution in [2.24, 2.45) is 5.92 Å². The highest BCUT2D eigenvalue weighted by Crippen LogP contribution is 2.44. The first-order valence-electron chi connectivity index (χ1n) is 13.3. The molecule has 0 saturated heterocycles.